The fourth-order valence-corrected chi connectivity index (χ4v) is 3.80. The summed E-state index contributed by atoms with van der Waals surface area (Å²) in [6, 6.07) is 8.27. The van der Waals surface area contributed by atoms with E-state index < -0.39 is 36.0 Å². The zero-order valence-electron chi connectivity index (χ0n) is 13.3. The number of amides is 1. The number of carbonyl (C=O) groups excluding carboxylic acids is 1. The van der Waals surface area contributed by atoms with E-state index in [9.17, 15) is 14.0 Å². The van der Waals surface area contributed by atoms with Gasteiger partial charge in [0, 0.05) is 7.05 Å². The second-order valence-electron chi connectivity index (χ2n) is 5.67. The second kappa shape index (κ2) is 7.51. The van der Waals surface area contributed by atoms with Gasteiger partial charge in [-0.2, -0.15) is 0 Å². The number of halogens is 1. The molecule has 25 heavy (non-hydrogen) atoms. The van der Waals surface area contributed by atoms with Crippen LogP contribution in [0.4, 0.5) is 9.18 Å². The summed E-state index contributed by atoms with van der Waals surface area (Å²) in [5, 5.41) is 9.16. The maximum atomic E-state index is 14.9. The summed E-state index contributed by atoms with van der Waals surface area (Å²) in [6.45, 7) is 0.135. The minimum atomic E-state index is -1.58. The molecule has 0 saturated carbocycles. The van der Waals surface area contributed by atoms with Gasteiger partial charge in [0.05, 0.1) is 6.61 Å². The molecule has 3 rings (SSSR count). The van der Waals surface area contributed by atoms with Crippen LogP contribution in [0.1, 0.15) is 5.56 Å². The van der Waals surface area contributed by atoms with Crippen molar-refractivity contribution in [2.75, 3.05) is 7.05 Å². The van der Waals surface area contributed by atoms with E-state index in [0.29, 0.717) is 6.29 Å². The van der Waals surface area contributed by atoms with Crippen LogP contribution in [0.25, 0.3) is 0 Å². The number of aliphatic imine (C=N–C) groups is 1. The topological polar surface area (TPSA) is 88.4 Å². The minimum absolute atomic E-state index is 0.135. The van der Waals surface area contributed by atoms with E-state index in [4.69, 9.17) is 14.6 Å². The Hall–Kier alpha value is -1.97. The molecule has 0 bridgehead atoms. The first-order valence-electron chi connectivity index (χ1n) is 7.62. The molecule has 0 aromatic heterocycles. The zero-order chi connectivity index (χ0) is 18.0. The Bertz CT molecular complexity index is 674. The van der Waals surface area contributed by atoms with Crippen LogP contribution in [0.5, 0.6) is 0 Å². The second-order valence-corrected chi connectivity index (χ2v) is 6.74. The monoisotopic (exact) mass is 368 g/mol. The van der Waals surface area contributed by atoms with E-state index in [1.807, 2.05) is 30.3 Å². The average Bonchev–Trinajstić information content (AvgIpc) is 3.05. The van der Waals surface area contributed by atoms with Crippen molar-refractivity contribution in [3.05, 3.63) is 35.9 Å². The van der Waals surface area contributed by atoms with Gasteiger partial charge in [-0.3, -0.25) is 9.89 Å². The Labute approximate surface area is 147 Å². The van der Waals surface area contributed by atoms with Crippen molar-refractivity contribution in [2.24, 2.45) is 4.99 Å². The molecule has 1 N–H and O–H groups in total. The summed E-state index contributed by atoms with van der Waals surface area (Å²) < 4.78 is 26.1. The molecule has 1 aromatic carbocycles. The molecule has 9 heteroatoms. The number of ether oxygens (including phenoxy) is 2. The molecule has 2 heterocycles. The SMILES string of the molecule is CN(C(=O)O)C1=N[C@@H]2[C@@H](F)[C@@H](OCc3ccccc3)[C@@H](C=O)O[C@@H]2S1. The molecule has 1 saturated heterocycles. The summed E-state index contributed by atoms with van der Waals surface area (Å²) in [5.41, 5.74) is 0.0932. The van der Waals surface area contributed by atoms with Gasteiger partial charge in [0.2, 0.25) is 0 Å². The smallest absolute Gasteiger partial charge is 0.413 e. The number of amidine groups is 1. The van der Waals surface area contributed by atoms with Gasteiger partial charge >= 0.3 is 6.09 Å². The lowest BCUT2D eigenvalue weighted by molar-refractivity contribution is -0.164. The number of carbonyl (C=O) groups is 2. The van der Waals surface area contributed by atoms with E-state index in [0.717, 1.165) is 22.2 Å². The van der Waals surface area contributed by atoms with E-state index in [1.165, 1.54) is 7.05 Å². The fraction of sp³-hybridized carbons (Fsp3) is 0.438. The number of aldehydes is 1. The summed E-state index contributed by atoms with van der Waals surface area (Å²) >= 11 is 0.989. The normalized spacial score (nSPS) is 31.1. The Morgan fingerprint density at radius 2 is 2.20 bits per heavy atom. The number of nitrogens with zero attached hydrogens (tertiary/aromatic N) is 2. The predicted octanol–water partition coefficient (Wildman–Crippen LogP) is 1.91. The van der Waals surface area contributed by atoms with Crippen molar-refractivity contribution in [1.29, 1.82) is 0 Å². The Kier molecular flexibility index (Phi) is 5.36. The van der Waals surface area contributed by atoms with Crippen molar-refractivity contribution < 1.29 is 28.6 Å². The van der Waals surface area contributed by atoms with Gasteiger partial charge < -0.3 is 19.4 Å². The van der Waals surface area contributed by atoms with Gasteiger partial charge in [-0.1, -0.05) is 42.1 Å². The highest BCUT2D eigenvalue weighted by atomic mass is 32.2. The van der Waals surface area contributed by atoms with Gasteiger partial charge in [-0.15, -0.1) is 0 Å². The molecule has 0 radical (unpaired) electrons. The molecule has 0 unspecified atom stereocenters. The first-order valence-corrected chi connectivity index (χ1v) is 8.50. The number of alkyl halides is 1. The molecule has 0 aliphatic carbocycles. The van der Waals surface area contributed by atoms with Gasteiger partial charge in [-0.25, -0.2) is 9.18 Å². The van der Waals surface area contributed by atoms with Crippen LogP contribution in [0.2, 0.25) is 0 Å². The van der Waals surface area contributed by atoms with Gasteiger partial charge in [0.25, 0.3) is 0 Å². The Morgan fingerprint density at radius 1 is 1.48 bits per heavy atom. The van der Waals surface area contributed by atoms with Crippen LogP contribution in [-0.4, -0.2) is 64.5 Å². The van der Waals surface area contributed by atoms with Crippen LogP contribution in [0.3, 0.4) is 0 Å². The molecule has 2 aliphatic rings. The highest BCUT2D eigenvalue weighted by Crippen LogP contribution is 2.39. The quantitative estimate of drug-likeness (QED) is 0.817. The number of carboxylic acid groups (broad SMARTS) is 1. The molecular weight excluding hydrogens is 351 g/mol. The standard InChI is InChI=1S/C16H17FN2O5S/c1-19(16(21)22)15-18-12-11(17)13(10(7-20)24-14(12)25-15)23-8-9-5-3-2-4-6-9/h2-7,10-14H,8H2,1H3,(H,21,22)/t10-,11-,12-,13+,14-/m1/s1. The third-order valence-electron chi connectivity index (χ3n) is 4.01. The van der Waals surface area contributed by atoms with Gasteiger partial charge in [0.1, 0.15) is 23.7 Å². The van der Waals surface area contributed by atoms with E-state index >= 15 is 0 Å². The number of rotatable bonds is 4. The first-order chi connectivity index (χ1) is 12.0. The molecule has 5 atom stereocenters. The number of benzene rings is 1. The number of hydrogen-bond acceptors (Lipinski definition) is 6. The molecule has 7 nitrogen and oxygen atoms in total. The van der Waals surface area contributed by atoms with Crippen molar-refractivity contribution in [3.8, 4) is 0 Å². The third kappa shape index (κ3) is 3.68. The molecule has 1 amide bonds. The Balaban J connectivity index is 1.73. The van der Waals surface area contributed by atoms with Gasteiger partial charge in [-0.05, 0) is 5.56 Å². The van der Waals surface area contributed by atoms with Crippen molar-refractivity contribution in [3.63, 3.8) is 0 Å². The van der Waals surface area contributed by atoms with Crippen LogP contribution in [0.15, 0.2) is 35.3 Å². The Morgan fingerprint density at radius 3 is 2.84 bits per heavy atom. The first kappa shape index (κ1) is 17.8. The summed E-state index contributed by atoms with van der Waals surface area (Å²) in [5.74, 6) is 0. The molecule has 1 aromatic rings. The van der Waals surface area contributed by atoms with Gasteiger partial charge in [0.15, 0.2) is 17.6 Å². The van der Waals surface area contributed by atoms with Crippen LogP contribution >= 0.6 is 11.8 Å². The lowest BCUT2D eigenvalue weighted by Gasteiger charge is -2.37. The number of hydrogen-bond donors (Lipinski definition) is 1. The third-order valence-corrected chi connectivity index (χ3v) is 5.22. The molecule has 0 spiro atoms. The maximum Gasteiger partial charge on any atom is 0.413 e. The number of fused-ring (bicyclic) bond motifs is 1. The average molecular weight is 368 g/mol. The lowest BCUT2D eigenvalue weighted by Crippen LogP contribution is -2.54. The van der Waals surface area contributed by atoms with E-state index in [1.54, 1.807) is 0 Å². The van der Waals surface area contributed by atoms with Crippen LogP contribution < -0.4 is 0 Å². The van der Waals surface area contributed by atoms with Crippen molar-refractivity contribution >= 4 is 29.3 Å². The fourth-order valence-electron chi connectivity index (χ4n) is 2.64. The molecule has 134 valence electrons. The lowest BCUT2D eigenvalue weighted by atomic mass is 10.00. The summed E-state index contributed by atoms with van der Waals surface area (Å²) in [6.07, 6.45) is -4.44. The predicted molar refractivity (Wildman–Crippen MR) is 89.2 cm³/mol. The summed E-state index contributed by atoms with van der Waals surface area (Å²) in [4.78, 5) is 27.4. The largest absolute Gasteiger partial charge is 0.465 e. The molecular formula is C16H17FN2O5S. The molecule has 1 fully saturated rings. The summed E-state index contributed by atoms with van der Waals surface area (Å²) in [7, 11) is 1.32. The zero-order valence-corrected chi connectivity index (χ0v) is 14.1. The highest BCUT2D eigenvalue weighted by Gasteiger charge is 2.51. The van der Waals surface area contributed by atoms with E-state index in [2.05, 4.69) is 4.99 Å². The number of thioether (sulfide) groups is 1. The highest BCUT2D eigenvalue weighted by molar-refractivity contribution is 8.14. The minimum Gasteiger partial charge on any atom is -0.465 e. The van der Waals surface area contributed by atoms with Crippen molar-refractivity contribution in [2.45, 2.75) is 36.5 Å². The maximum absolute atomic E-state index is 14.9. The van der Waals surface area contributed by atoms with Crippen LogP contribution in [0, 0.1) is 0 Å². The van der Waals surface area contributed by atoms with Crippen molar-refractivity contribution in [1.82, 2.24) is 4.90 Å². The van der Waals surface area contributed by atoms with Crippen LogP contribution in [-0.2, 0) is 20.9 Å². The molecule has 2 aliphatic heterocycles. The van der Waals surface area contributed by atoms with E-state index in [-0.39, 0.29) is 11.8 Å².